The molecule has 150 valence electrons. The molecule has 1 aromatic rings. The molecule has 2 fully saturated rings. The number of amides is 1. The Balaban J connectivity index is 2.09. The maximum atomic E-state index is 13.4. The van der Waals surface area contributed by atoms with Crippen molar-refractivity contribution in [3.05, 3.63) is 29.8 Å². The number of hydrogen-bond acceptors (Lipinski definition) is 3. The molecule has 1 saturated carbocycles. The predicted octanol–water partition coefficient (Wildman–Crippen LogP) is 4.54. The van der Waals surface area contributed by atoms with E-state index in [9.17, 15) is 13.2 Å². The molecule has 0 radical (unpaired) electrons. The summed E-state index contributed by atoms with van der Waals surface area (Å²) in [7, 11) is -4.02. The molecule has 0 spiro atoms. The van der Waals surface area contributed by atoms with Crippen molar-refractivity contribution >= 4 is 50.7 Å². The topological polar surface area (TPSA) is 54.5 Å². The molecule has 0 N–H and O–H groups in total. The van der Waals surface area contributed by atoms with Gasteiger partial charge in [0.05, 0.1) is 4.90 Å². The molecule has 2 aliphatic rings. The number of halogens is 3. The van der Waals surface area contributed by atoms with Gasteiger partial charge in [0.2, 0.25) is 0 Å². The Hall–Kier alpha value is -0.490. The molecular weight excluding hydrogens is 429 g/mol. The highest BCUT2D eigenvalue weighted by atomic mass is 35.5. The third kappa shape index (κ3) is 3.29. The average Bonchev–Trinajstić information content (AvgIpc) is 2.80. The van der Waals surface area contributed by atoms with Gasteiger partial charge in [0.25, 0.3) is 15.9 Å². The first kappa shape index (κ1) is 21.2. The summed E-state index contributed by atoms with van der Waals surface area (Å²) in [4.78, 5) is 10.5. The molecule has 0 unspecified atom stereocenters. The Morgan fingerprint density at radius 2 is 1.74 bits per heavy atom. The summed E-state index contributed by atoms with van der Waals surface area (Å²) in [6.07, 6.45) is 1.17. The number of fused-ring (bicyclic) bond motifs is 1. The van der Waals surface area contributed by atoms with Crippen LogP contribution in [0.3, 0.4) is 0 Å². The highest BCUT2D eigenvalue weighted by Gasteiger charge is 2.68. The maximum Gasteiger partial charge on any atom is 0.266 e. The molecule has 27 heavy (non-hydrogen) atoms. The van der Waals surface area contributed by atoms with Crippen molar-refractivity contribution in [2.45, 2.75) is 60.1 Å². The molecule has 0 aromatic heterocycles. The van der Waals surface area contributed by atoms with Crippen molar-refractivity contribution in [1.29, 1.82) is 0 Å². The molecule has 1 aromatic carbocycles. The normalized spacial score (nSPS) is 34.6. The Labute approximate surface area is 176 Å². The molecule has 1 heterocycles. The van der Waals surface area contributed by atoms with E-state index in [1.54, 1.807) is 12.1 Å². The van der Waals surface area contributed by atoms with Crippen molar-refractivity contribution in [2.24, 2.45) is 11.8 Å². The number of nitrogens with zero attached hydrogens (tertiary/aromatic N) is 1. The SMILES string of the molecule is Cc1ccc(S(=O)(=O)N2C[C@@H]3[C@](Cl)(C2=O)[C@@H](C(C)(C)Cl)CC[C@]3(C)Cl)cc1. The van der Waals surface area contributed by atoms with Crippen LogP contribution >= 0.6 is 34.8 Å². The lowest BCUT2D eigenvalue weighted by molar-refractivity contribution is -0.128. The van der Waals surface area contributed by atoms with Crippen LogP contribution < -0.4 is 0 Å². The van der Waals surface area contributed by atoms with E-state index >= 15 is 0 Å². The maximum absolute atomic E-state index is 13.4. The summed E-state index contributed by atoms with van der Waals surface area (Å²) in [6, 6.07) is 6.41. The van der Waals surface area contributed by atoms with Gasteiger partial charge in [-0.1, -0.05) is 17.7 Å². The van der Waals surface area contributed by atoms with Gasteiger partial charge in [-0.15, -0.1) is 34.8 Å². The first-order valence-corrected chi connectivity index (χ1v) is 11.5. The van der Waals surface area contributed by atoms with Gasteiger partial charge in [-0.25, -0.2) is 12.7 Å². The van der Waals surface area contributed by atoms with E-state index in [0.29, 0.717) is 12.8 Å². The third-order valence-corrected chi connectivity index (χ3v) is 9.17. The van der Waals surface area contributed by atoms with Gasteiger partial charge < -0.3 is 0 Å². The minimum absolute atomic E-state index is 0.0397. The molecule has 1 amide bonds. The Morgan fingerprint density at radius 3 is 2.26 bits per heavy atom. The summed E-state index contributed by atoms with van der Waals surface area (Å²) in [5.41, 5.74) is 0.932. The number of benzene rings is 1. The van der Waals surface area contributed by atoms with E-state index in [4.69, 9.17) is 34.8 Å². The van der Waals surface area contributed by atoms with Gasteiger partial charge >= 0.3 is 0 Å². The molecule has 8 heteroatoms. The number of carbonyl (C=O) groups is 1. The largest absolute Gasteiger partial charge is 0.272 e. The summed E-state index contributed by atoms with van der Waals surface area (Å²) < 4.78 is 27.3. The zero-order valence-corrected chi connectivity index (χ0v) is 18.9. The van der Waals surface area contributed by atoms with Gasteiger partial charge in [0.15, 0.2) is 0 Å². The standard InChI is InChI=1S/C19H24Cl3NO3S/c1-12-5-7-13(8-6-12)27(25,26)23-11-15-18(4,21)10-9-14(17(2,3)20)19(15,22)16(23)24/h5-8,14-15H,9-11H2,1-4H3/t14-,15+,18+,19+/m1/s1. The van der Waals surface area contributed by atoms with Crippen LogP contribution in [0.25, 0.3) is 0 Å². The van der Waals surface area contributed by atoms with E-state index in [0.717, 1.165) is 9.87 Å². The molecule has 1 aliphatic heterocycles. The first-order chi connectivity index (χ1) is 12.2. The van der Waals surface area contributed by atoms with Crippen LogP contribution in [0.15, 0.2) is 29.2 Å². The number of alkyl halides is 3. The fourth-order valence-corrected chi connectivity index (χ4v) is 7.48. The number of aryl methyl sites for hydroxylation is 1. The predicted molar refractivity (Wildman–Crippen MR) is 109 cm³/mol. The van der Waals surface area contributed by atoms with Crippen LogP contribution in [0.5, 0.6) is 0 Å². The average molecular weight is 453 g/mol. The highest BCUT2D eigenvalue weighted by molar-refractivity contribution is 7.89. The van der Waals surface area contributed by atoms with Crippen LogP contribution in [0.4, 0.5) is 0 Å². The Kier molecular flexibility index (Phi) is 5.12. The number of rotatable bonds is 3. The van der Waals surface area contributed by atoms with Gasteiger partial charge in [0, 0.05) is 28.1 Å². The first-order valence-electron chi connectivity index (χ1n) is 8.93. The van der Waals surface area contributed by atoms with E-state index in [2.05, 4.69) is 0 Å². The van der Waals surface area contributed by atoms with Crippen LogP contribution in [0.1, 0.15) is 39.2 Å². The fraction of sp³-hybridized carbons (Fsp3) is 0.632. The Morgan fingerprint density at radius 1 is 1.19 bits per heavy atom. The van der Waals surface area contributed by atoms with Crippen molar-refractivity contribution in [1.82, 2.24) is 4.31 Å². The summed E-state index contributed by atoms with van der Waals surface area (Å²) in [5, 5.41) is 0. The van der Waals surface area contributed by atoms with Crippen molar-refractivity contribution in [3.8, 4) is 0 Å². The number of carbonyl (C=O) groups excluding carboxylic acids is 1. The fourth-order valence-electron chi connectivity index (χ4n) is 4.44. The molecule has 3 rings (SSSR count). The van der Waals surface area contributed by atoms with Crippen LogP contribution in [0, 0.1) is 18.8 Å². The summed E-state index contributed by atoms with van der Waals surface area (Å²) in [6.45, 7) is 7.26. The van der Waals surface area contributed by atoms with Crippen LogP contribution in [-0.2, 0) is 14.8 Å². The lowest BCUT2D eigenvalue weighted by Crippen LogP contribution is -2.58. The molecule has 1 aliphatic carbocycles. The van der Waals surface area contributed by atoms with Gasteiger partial charge in [-0.3, -0.25) is 4.79 Å². The molecular formula is C19H24Cl3NO3S. The second-order valence-corrected chi connectivity index (χ2v) is 12.7. The molecule has 4 atom stereocenters. The zero-order chi connectivity index (χ0) is 20.4. The molecule has 0 bridgehead atoms. The van der Waals surface area contributed by atoms with E-state index in [1.165, 1.54) is 12.1 Å². The minimum atomic E-state index is -4.02. The highest BCUT2D eigenvalue weighted by Crippen LogP contribution is 2.59. The van der Waals surface area contributed by atoms with Crippen molar-refractivity contribution in [3.63, 3.8) is 0 Å². The van der Waals surface area contributed by atoms with E-state index < -0.39 is 42.4 Å². The van der Waals surface area contributed by atoms with Crippen molar-refractivity contribution < 1.29 is 13.2 Å². The summed E-state index contributed by atoms with van der Waals surface area (Å²) in [5.74, 6) is -1.55. The lowest BCUT2D eigenvalue weighted by Gasteiger charge is -2.49. The minimum Gasteiger partial charge on any atom is -0.272 e. The smallest absolute Gasteiger partial charge is 0.266 e. The second-order valence-electron chi connectivity index (χ2n) is 8.41. The monoisotopic (exact) mass is 451 g/mol. The van der Waals surface area contributed by atoms with Gasteiger partial charge in [0.1, 0.15) is 4.87 Å². The van der Waals surface area contributed by atoms with Gasteiger partial charge in [-0.05, 0) is 52.7 Å². The lowest BCUT2D eigenvalue weighted by atomic mass is 9.64. The second kappa shape index (κ2) is 6.51. The molecule has 4 nitrogen and oxygen atoms in total. The third-order valence-electron chi connectivity index (χ3n) is 6.00. The van der Waals surface area contributed by atoms with Crippen LogP contribution in [-0.4, -0.2) is 39.8 Å². The van der Waals surface area contributed by atoms with Crippen LogP contribution in [0.2, 0.25) is 0 Å². The van der Waals surface area contributed by atoms with Crippen molar-refractivity contribution in [2.75, 3.05) is 6.54 Å². The number of hydrogen-bond donors (Lipinski definition) is 0. The van der Waals surface area contributed by atoms with Gasteiger partial charge in [-0.2, -0.15) is 0 Å². The van der Waals surface area contributed by atoms with E-state index in [-0.39, 0.29) is 11.4 Å². The molecule has 1 saturated heterocycles. The Bertz CT molecular complexity index is 861. The number of sulfonamides is 1. The quantitative estimate of drug-likeness (QED) is 0.632. The van der Waals surface area contributed by atoms with E-state index in [1.807, 2.05) is 27.7 Å². The summed E-state index contributed by atoms with van der Waals surface area (Å²) >= 11 is 20.2. The zero-order valence-electron chi connectivity index (χ0n) is 15.8.